The van der Waals surface area contributed by atoms with Gasteiger partial charge in [-0.25, -0.2) is 4.79 Å². The molecule has 1 aliphatic rings. The summed E-state index contributed by atoms with van der Waals surface area (Å²) in [5, 5.41) is 2.50. The number of hydrogen-bond acceptors (Lipinski definition) is 2. The molecule has 1 rings (SSSR count). The van der Waals surface area contributed by atoms with Crippen LogP contribution in [0.15, 0.2) is 0 Å². The highest BCUT2D eigenvalue weighted by molar-refractivity contribution is 7.75. The fraction of sp³-hybridized carbons (Fsp3) is 0.974. The van der Waals surface area contributed by atoms with Crippen molar-refractivity contribution in [2.24, 2.45) is 5.73 Å². The fourth-order valence-corrected chi connectivity index (χ4v) is 11.5. The third-order valence-electron chi connectivity index (χ3n) is 9.43. The molecule has 1 aliphatic heterocycles. The van der Waals surface area contributed by atoms with E-state index in [1.165, 1.54) is 128 Å². The zero-order valence-electron chi connectivity index (χ0n) is 30.0. The molecule has 0 aliphatic carbocycles. The molecule has 3 N–H and O–H groups in total. The average molecular weight is 628 g/mol. The standard InChI is InChI=1S/C32H68P.C6H12N2O2/c1-5-9-13-17-18-19-20-21-22-23-24-28-32-33(29-25-14-10-6-2,30-26-15-11-7-3)31-27-16-12-8-4;7-6(9)8-5-3-1-2-4-10-5/h5-32H2,1-4H3;5H,1-4H2,(H3,7,8,9)/q+1;. The maximum Gasteiger partial charge on any atom is 0.314 e. The molecular weight excluding hydrogens is 547 g/mol. The highest BCUT2D eigenvalue weighted by Gasteiger charge is 2.34. The van der Waals surface area contributed by atoms with Crippen LogP contribution >= 0.6 is 7.26 Å². The van der Waals surface area contributed by atoms with Gasteiger partial charge in [0.05, 0.1) is 24.6 Å². The number of hydrogen-bond donors (Lipinski definition) is 2. The number of unbranched alkanes of at least 4 members (excludes halogenated alkanes) is 20. The van der Waals surface area contributed by atoms with E-state index in [-0.39, 0.29) is 6.23 Å². The number of urea groups is 1. The predicted molar refractivity (Wildman–Crippen MR) is 196 cm³/mol. The molecule has 2 amide bonds. The molecule has 1 atom stereocenters. The van der Waals surface area contributed by atoms with E-state index in [1.54, 1.807) is 50.3 Å². The molecule has 1 heterocycles. The first kappa shape index (κ1) is 42.7. The van der Waals surface area contributed by atoms with Crippen LogP contribution in [0.2, 0.25) is 0 Å². The van der Waals surface area contributed by atoms with Gasteiger partial charge in [-0.15, -0.1) is 0 Å². The first-order valence-electron chi connectivity index (χ1n) is 19.6. The number of ether oxygens (including phenoxy) is 1. The van der Waals surface area contributed by atoms with Gasteiger partial charge >= 0.3 is 6.03 Å². The Balaban J connectivity index is 0.00000147. The van der Waals surface area contributed by atoms with Crippen molar-refractivity contribution in [2.75, 3.05) is 31.3 Å². The van der Waals surface area contributed by atoms with Crippen LogP contribution in [0, 0.1) is 0 Å². The topological polar surface area (TPSA) is 64.4 Å². The van der Waals surface area contributed by atoms with Crippen molar-refractivity contribution >= 4 is 13.3 Å². The number of amides is 2. The zero-order chi connectivity index (χ0) is 31.7. The lowest BCUT2D eigenvalue weighted by Crippen LogP contribution is -2.41. The Labute approximate surface area is 271 Å². The van der Waals surface area contributed by atoms with E-state index in [1.807, 2.05) is 0 Å². The van der Waals surface area contributed by atoms with Crippen LogP contribution in [0.3, 0.4) is 0 Å². The summed E-state index contributed by atoms with van der Waals surface area (Å²) in [4.78, 5) is 10.3. The van der Waals surface area contributed by atoms with E-state index in [2.05, 4.69) is 33.0 Å². The Hall–Kier alpha value is -0.340. The molecule has 0 aromatic rings. The van der Waals surface area contributed by atoms with Crippen molar-refractivity contribution in [1.29, 1.82) is 0 Å². The largest absolute Gasteiger partial charge is 0.358 e. The van der Waals surface area contributed by atoms with Crippen molar-refractivity contribution in [3.63, 3.8) is 0 Å². The molecule has 1 fully saturated rings. The summed E-state index contributed by atoms with van der Waals surface area (Å²) in [6.07, 6.45) is 45.0. The van der Waals surface area contributed by atoms with Crippen LogP contribution in [-0.2, 0) is 4.74 Å². The normalized spacial score (nSPS) is 15.2. The van der Waals surface area contributed by atoms with E-state index >= 15 is 0 Å². The molecular formula is C38H80N2O2P+. The van der Waals surface area contributed by atoms with Gasteiger partial charge in [-0.05, 0) is 70.6 Å². The third kappa shape index (κ3) is 28.8. The Morgan fingerprint density at radius 1 is 0.558 bits per heavy atom. The van der Waals surface area contributed by atoms with E-state index in [4.69, 9.17) is 10.5 Å². The van der Waals surface area contributed by atoms with Crippen molar-refractivity contribution in [3.8, 4) is 0 Å². The minimum absolute atomic E-state index is 0.147. The first-order valence-corrected chi connectivity index (χ1v) is 22.1. The maximum absolute atomic E-state index is 10.3. The lowest BCUT2D eigenvalue weighted by Gasteiger charge is -2.28. The molecule has 0 saturated carbocycles. The Morgan fingerprint density at radius 3 is 1.19 bits per heavy atom. The van der Waals surface area contributed by atoms with Gasteiger partial charge in [0.1, 0.15) is 6.23 Å². The fourth-order valence-electron chi connectivity index (χ4n) is 6.59. The summed E-state index contributed by atoms with van der Waals surface area (Å²) in [6, 6.07) is -0.507. The van der Waals surface area contributed by atoms with Gasteiger partial charge in [-0.3, -0.25) is 0 Å². The second kappa shape index (κ2) is 33.0. The summed E-state index contributed by atoms with van der Waals surface area (Å²) < 4.78 is 5.18. The van der Waals surface area contributed by atoms with Crippen molar-refractivity contribution in [3.05, 3.63) is 0 Å². The van der Waals surface area contributed by atoms with E-state index in [9.17, 15) is 4.79 Å². The summed E-state index contributed by atoms with van der Waals surface area (Å²) in [5.41, 5.74) is 4.89. The highest BCUT2D eigenvalue weighted by Crippen LogP contribution is 2.61. The predicted octanol–water partition coefficient (Wildman–Crippen LogP) is 12.6. The van der Waals surface area contributed by atoms with Gasteiger partial charge in [0.2, 0.25) is 0 Å². The van der Waals surface area contributed by atoms with Crippen molar-refractivity contribution in [1.82, 2.24) is 5.32 Å². The van der Waals surface area contributed by atoms with Crippen LogP contribution in [0.5, 0.6) is 0 Å². The second-order valence-electron chi connectivity index (χ2n) is 13.7. The third-order valence-corrected chi connectivity index (χ3v) is 14.5. The zero-order valence-corrected chi connectivity index (χ0v) is 30.9. The maximum atomic E-state index is 10.3. The Kier molecular flexibility index (Phi) is 32.8. The quantitative estimate of drug-likeness (QED) is 0.0640. The minimum Gasteiger partial charge on any atom is -0.358 e. The van der Waals surface area contributed by atoms with Gasteiger partial charge in [0, 0.05) is 13.9 Å². The second-order valence-corrected chi connectivity index (χ2v) is 18.1. The van der Waals surface area contributed by atoms with E-state index in [0.717, 1.165) is 25.9 Å². The lowest BCUT2D eigenvalue weighted by molar-refractivity contribution is 0.00307. The van der Waals surface area contributed by atoms with Gasteiger partial charge in [0.15, 0.2) is 0 Å². The number of carbonyl (C=O) groups excluding carboxylic acids is 1. The first-order chi connectivity index (χ1) is 21.0. The molecule has 0 aromatic carbocycles. The number of primary amides is 1. The average Bonchev–Trinajstić information content (AvgIpc) is 3.01. The van der Waals surface area contributed by atoms with Crippen LogP contribution in [0.25, 0.3) is 0 Å². The molecule has 4 nitrogen and oxygen atoms in total. The SMILES string of the molecule is CCCCCCCCCCCCCC[P+](CCCCCC)(CCCCCC)CCCCCC.NC(=O)NC1CCCCO1. The Morgan fingerprint density at radius 2 is 0.884 bits per heavy atom. The van der Waals surface area contributed by atoms with E-state index in [0.29, 0.717) is 0 Å². The van der Waals surface area contributed by atoms with E-state index < -0.39 is 13.3 Å². The monoisotopic (exact) mass is 628 g/mol. The molecule has 0 bridgehead atoms. The number of nitrogens with two attached hydrogens (primary N) is 1. The molecule has 258 valence electrons. The minimum atomic E-state index is -0.697. The molecule has 43 heavy (non-hydrogen) atoms. The van der Waals surface area contributed by atoms with Gasteiger partial charge in [-0.1, -0.05) is 130 Å². The molecule has 0 spiro atoms. The van der Waals surface area contributed by atoms with Crippen LogP contribution in [0.4, 0.5) is 4.79 Å². The highest BCUT2D eigenvalue weighted by atomic mass is 31.2. The summed E-state index contributed by atoms with van der Waals surface area (Å²) in [5.74, 6) is 0. The van der Waals surface area contributed by atoms with Crippen LogP contribution in [-0.4, -0.2) is 43.5 Å². The van der Waals surface area contributed by atoms with Crippen molar-refractivity contribution < 1.29 is 9.53 Å². The Bertz CT molecular complexity index is 537. The molecule has 5 heteroatoms. The summed E-state index contributed by atoms with van der Waals surface area (Å²) in [7, 11) is -0.697. The van der Waals surface area contributed by atoms with Crippen LogP contribution < -0.4 is 11.1 Å². The smallest absolute Gasteiger partial charge is 0.314 e. The number of nitrogens with one attached hydrogen (secondary N) is 1. The van der Waals surface area contributed by atoms with Crippen LogP contribution in [0.1, 0.15) is 201 Å². The number of rotatable bonds is 29. The summed E-state index contributed by atoms with van der Waals surface area (Å²) in [6.45, 7) is 10.1. The summed E-state index contributed by atoms with van der Waals surface area (Å²) >= 11 is 0. The van der Waals surface area contributed by atoms with Gasteiger partial charge in [-0.2, -0.15) is 0 Å². The van der Waals surface area contributed by atoms with Gasteiger partial charge in [0.25, 0.3) is 0 Å². The molecule has 1 saturated heterocycles. The van der Waals surface area contributed by atoms with Crippen molar-refractivity contribution in [2.45, 2.75) is 207 Å². The lowest BCUT2D eigenvalue weighted by atomic mass is 10.1. The molecule has 0 radical (unpaired) electrons. The van der Waals surface area contributed by atoms with Gasteiger partial charge < -0.3 is 15.8 Å². The molecule has 1 unspecified atom stereocenters. The molecule has 0 aromatic heterocycles. The number of carbonyl (C=O) groups is 1.